The second kappa shape index (κ2) is 9.49. The molecule has 0 radical (unpaired) electrons. The van der Waals surface area contributed by atoms with Crippen molar-refractivity contribution in [1.82, 2.24) is 10.3 Å². The average molecular weight is 426 g/mol. The quantitative estimate of drug-likeness (QED) is 0.540. The molecular weight excluding hydrogens is 406 g/mol. The van der Waals surface area contributed by atoms with E-state index in [9.17, 15) is 9.59 Å². The number of carbonyl (C=O) groups excluding carboxylic acids is 2. The summed E-state index contributed by atoms with van der Waals surface area (Å²) in [5, 5.41) is 5.84. The van der Waals surface area contributed by atoms with Crippen LogP contribution in [0.3, 0.4) is 0 Å². The number of amides is 2. The monoisotopic (exact) mass is 425 g/mol. The molecule has 0 aliphatic carbocycles. The molecule has 0 fully saturated rings. The third kappa shape index (κ3) is 5.31. The summed E-state index contributed by atoms with van der Waals surface area (Å²) in [7, 11) is 0. The van der Waals surface area contributed by atoms with Crippen LogP contribution in [-0.4, -0.2) is 16.8 Å². The molecule has 2 aromatic carbocycles. The zero-order chi connectivity index (χ0) is 20.8. The molecule has 2 amide bonds. The van der Waals surface area contributed by atoms with Gasteiger partial charge in [-0.05, 0) is 36.8 Å². The van der Waals surface area contributed by atoms with Gasteiger partial charge in [-0.2, -0.15) is 0 Å². The van der Waals surface area contributed by atoms with Gasteiger partial charge in [-0.3, -0.25) is 14.5 Å². The molecule has 0 aliphatic heterocycles. The summed E-state index contributed by atoms with van der Waals surface area (Å²) in [4.78, 5) is 30.4. The Morgan fingerprint density at radius 1 is 1.14 bits per heavy atom. The minimum atomic E-state index is -0.251. The van der Waals surface area contributed by atoms with E-state index in [1.807, 2.05) is 55.5 Å². The number of anilines is 2. The predicted molar refractivity (Wildman–Crippen MR) is 118 cm³/mol. The molecule has 1 heterocycles. The minimum absolute atomic E-state index is 0.132. The SMILES string of the molecule is CC(=O)N(c1ccccc1)c1nc(C=CC(=O)NC(C)c2ccccc2Cl)cs1. The van der Waals surface area contributed by atoms with Crippen LogP contribution in [0, 0.1) is 0 Å². The van der Waals surface area contributed by atoms with Crippen molar-refractivity contribution < 1.29 is 9.59 Å². The number of rotatable bonds is 6. The Morgan fingerprint density at radius 3 is 2.52 bits per heavy atom. The lowest BCUT2D eigenvalue weighted by atomic mass is 10.1. The normalized spacial score (nSPS) is 12.0. The van der Waals surface area contributed by atoms with Gasteiger partial charge in [0.25, 0.3) is 0 Å². The molecule has 5 nitrogen and oxygen atoms in total. The highest BCUT2D eigenvalue weighted by molar-refractivity contribution is 7.14. The highest BCUT2D eigenvalue weighted by Crippen LogP contribution is 2.29. The Labute approximate surface area is 178 Å². The van der Waals surface area contributed by atoms with Crippen LogP contribution in [0.4, 0.5) is 10.8 Å². The van der Waals surface area contributed by atoms with E-state index >= 15 is 0 Å². The molecule has 0 saturated heterocycles. The highest BCUT2D eigenvalue weighted by Gasteiger charge is 2.17. The van der Waals surface area contributed by atoms with Crippen LogP contribution in [0.15, 0.2) is 66.1 Å². The van der Waals surface area contributed by atoms with Crippen LogP contribution in [0.25, 0.3) is 6.08 Å². The largest absolute Gasteiger partial charge is 0.346 e. The van der Waals surface area contributed by atoms with Gasteiger partial charge >= 0.3 is 0 Å². The van der Waals surface area contributed by atoms with Crippen molar-refractivity contribution in [1.29, 1.82) is 0 Å². The number of aromatic nitrogens is 1. The number of nitrogens with one attached hydrogen (secondary N) is 1. The Morgan fingerprint density at radius 2 is 1.83 bits per heavy atom. The van der Waals surface area contributed by atoms with Crippen LogP contribution >= 0.6 is 22.9 Å². The molecule has 1 unspecified atom stereocenters. The van der Waals surface area contributed by atoms with Crippen molar-refractivity contribution in [3.63, 3.8) is 0 Å². The van der Waals surface area contributed by atoms with Gasteiger partial charge in [-0.1, -0.05) is 48.0 Å². The lowest BCUT2D eigenvalue weighted by Gasteiger charge is -2.17. The molecule has 148 valence electrons. The van der Waals surface area contributed by atoms with E-state index in [4.69, 9.17) is 11.6 Å². The van der Waals surface area contributed by atoms with Gasteiger partial charge in [0.1, 0.15) is 0 Å². The van der Waals surface area contributed by atoms with Crippen molar-refractivity contribution in [3.05, 3.63) is 82.3 Å². The molecule has 7 heteroatoms. The predicted octanol–water partition coefficient (Wildman–Crippen LogP) is 5.37. The fraction of sp³-hybridized carbons (Fsp3) is 0.136. The van der Waals surface area contributed by atoms with Gasteiger partial charge in [0.15, 0.2) is 5.13 Å². The fourth-order valence-electron chi connectivity index (χ4n) is 2.79. The summed E-state index contributed by atoms with van der Waals surface area (Å²) in [5.74, 6) is -0.383. The second-order valence-electron chi connectivity index (χ2n) is 6.33. The van der Waals surface area contributed by atoms with Crippen LogP contribution < -0.4 is 10.2 Å². The molecule has 3 aromatic rings. The molecule has 0 saturated carbocycles. The van der Waals surface area contributed by atoms with E-state index in [2.05, 4.69) is 10.3 Å². The van der Waals surface area contributed by atoms with Gasteiger partial charge < -0.3 is 5.32 Å². The molecular formula is C22H20ClN3O2S. The Balaban J connectivity index is 1.69. The number of halogens is 1. The molecule has 1 N–H and O–H groups in total. The number of hydrogen-bond acceptors (Lipinski definition) is 4. The third-order valence-electron chi connectivity index (χ3n) is 4.17. The summed E-state index contributed by atoms with van der Waals surface area (Å²) >= 11 is 7.51. The van der Waals surface area contributed by atoms with Gasteiger partial charge in [-0.15, -0.1) is 11.3 Å². The van der Waals surface area contributed by atoms with Crippen molar-refractivity contribution in [3.8, 4) is 0 Å². The van der Waals surface area contributed by atoms with Crippen LogP contribution in [-0.2, 0) is 9.59 Å². The molecule has 0 spiro atoms. The number of thiazole rings is 1. The number of para-hydroxylation sites is 1. The summed E-state index contributed by atoms with van der Waals surface area (Å²) in [6, 6.07) is 16.5. The Hall–Kier alpha value is -2.96. The Bertz CT molecular complexity index is 1030. The summed E-state index contributed by atoms with van der Waals surface area (Å²) < 4.78 is 0. The van der Waals surface area contributed by atoms with E-state index in [0.29, 0.717) is 15.8 Å². The molecule has 0 aliphatic rings. The van der Waals surface area contributed by atoms with E-state index in [1.165, 1.54) is 24.3 Å². The highest BCUT2D eigenvalue weighted by atomic mass is 35.5. The molecule has 1 aromatic heterocycles. The zero-order valence-corrected chi connectivity index (χ0v) is 17.6. The summed E-state index contributed by atoms with van der Waals surface area (Å²) in [5.41, 5.74) is 2.20. The maximum atomic E-state index is 12.3. The molecule has 29 heavy (non-hydrogen) atoms. The Kier molecular flexibility index (Phi) is 6.80. The van der Waals surface area contributed by atoms with Gasteiger partial charge in [0, 0.05) is 23.4 Å². The third-order valence-corrected chi connectivity index (χ3v) is 5.35. The van der Waals surface area contributed by atoms with Crippen molar-refractivity contribution in [2.75, 3.05) is 4.90 Å². The maximum absolute atomic E-state index is 12.3. The van der Waals surface area contributed by atoms with E-state index in [0.717, 1.165) is 11.3 Å². The summed E-state index contributed by atoms with van der Waals surface area (Å²) in [6.07, 6.45) is 3.05. The number of benzene rings is 2. The van der Waals surface area contributed by atoms with Crippen molar-refractivity contribution >= 4 is 51.6 Å². The lowest BCUT2D eigenvalue weighted by molar-refractivity contribution is -0.117. The summed E-state index contributed by atoms with van der Waals surface area (Å²) in [6.45, 7) is 3.37. The minimum Gasteiger partial charge on any atom is -0.346 e. The van der Waals surface area contributed by atoms with Crippen LogP contribution in [0.1, 0.15) is 31.1 Å². The van der Waals surface area contributed by atoms with Crippen LogP contribution in [0.2, 0.25) is 5.02 Å². The maximum Gasteiger partial charge on any atom is 0.244 e. The number of carbonyl (C=O) groups is 2. The van der Waals surface area contributed by atoms with E-state index < -0.39 is 0 Å². The lowest BCUT2D eigenvalue weighted by Crippen LogP contribution is -2.24. The first-order valence-corrected chi connectivity index (χ1v) is 10.3. The number of nitrogens with zero attached hydrogens (tertiary/aromatic N) is 2. The van der Waals surface area contributed by atoms with Crippen molar-refractivity contribution in [2.24, 2.45) is 0 Å². The van der Waals surface area contributed by atoms with Gasteiger partial charge in [0.05, 0.1) is 17.4 Å². The first-order valence-electron chi connectivity index (χ1n) is 9.00. The van der Waals surface area contributed by atoms with Gasteiger partial charge in [-0.25, -0.2) is 4.98 Å². The average Bonchev–Trinajstić information content (AvgIpc) is 3.15. The van der Waals surface area contributed by atoms with E-state index in [-0.39, 0.29) is 17.9 Å². The first kappa shape index (κ1) is 20.8. The second-order valence-corrected chi connectivity index (χ2v) is 7.57. The van der Waals surface area contributed by atoms with E-state index in [1.54, 1.807) is 22.4 Å². The standard InChI is InChI=1S/C22H20ClN3O2S/c1-15(19-10-6-7-11-20(19)23)24-21(28)13-12-17-14-29-22(25-17)26(16(2)27)18-8-4-3-5-9-18/h3-15H,1-2H3,(H,24,28). The number of hydrogen-bond donors (Lipinski definition) is 1. The molecule has 3 rings (SSSR count). The fourth-order valence-corrected chi connectivity index (χ4v) is 3.94. The van der Waals surface area contributed by atoms with Crippen molar-refractivity contribution in [2.45, 2.75) is 19.9 Å². The zero-order valence-electron chi connectivity index (χ0n) is 16.0. The molecule has 0 bridgehead atoms. The smallest absolute Gasteiger partial charge is 0.244 e. The molecule has 1 atom stereocenters. The first-order chi connectivity index (χ1) is 14.0. The van der Waals surface area contributed by atoms with Crippen LogP contribution in [0.5, 0.6) is 0 Å². The topological polar surface area (TPSA) is 62.3 Å². The van der Waals surface area contributed by atoms with Gasteiger partial charge in [0.2, 0.25) is 11.8 Å².